The molecule has 1 rings (SSSR count). The van der Waals surface area contributed by atoms with Gasteiger partial charge in [-0.2, -0.15) is 0 Å². The fourth-order valence-corrected chi connectivity index (χ4v) is 1.29. The van der Waals surface area contributed by atoms with E-state index in [1.165, 1.54) is 0 Å². The minimum atomic E-state index is 0.480. The van der Waals surface area contributed by atoms with Crippen LogP contribution in [0.2, 0.25) is 5.02 Å². The SMILES string of the molecule is O=Cc1cccc(Cl)c1C#CCCCl. The number of hydrogen-bond acceptors (Lipinski definition) is 1. The lowest BCUT2D eigenvalue weighted by Crippen LogP contribution is -1.87. The van der Waals surface area contributed by atoms with E-state index in [-0.39, 0.29) is 0 Å². The molecule has 3 heteroatoms. The van der Waals surface area contributed by atoms with Gasteiger partial charge in [0, 0.05) is 17.9 Å². The Kier molecular flexibility index (Phi) is 4.52. The Hall–Kier alpha value is -0.970. The molecule has 72 valence electrons. The summed E-state index contributed by atoms with van der Waals surface area (Å²) in [6.45, 7) is 0. The normalized spacial score (nSPS) is 9.00. The zero-order valence-corrected chi connectivity index (χ0v) is 8.90. The molecule has 1 aromatic carbocycles. The van der Waals surface area contributed by atoms with Gasteiger partial charge >= 0.3 is 0 Å². The monoisotopic (exact) mass is 226 g/mol. The minimum Gasteiger partial charge on any atom is -0.298 e. The molecule has 0 N–H and O–H groups in total. The highest BCUT2D eigenvalue weighted by Gasteiger charge is 2.02. The van der Waals surface area contributed by atoms with E-state index in [0.29, 0.717) is 28.5 Å². The maximum atomic E-state index is 10.7. The molecule has 0 radical (unpaired) electrons. The van der Waals surface area contributed by atoms with Crippen LogP contribution in [0.15, 0.2) is 18.2 Å². The Bertz CT molecular complexity index is 388. The van der Waals surface area contributed by atoms with Gasteiger partial charge in [-0.3, -0.25) is 4.79 Å². The van der Waals surface area contributed by atoms with E-state index >= 15 is 0 Å². The van der Waals surface area contributed by atoms with E-state index in [1.54, 1.807) is 18.2 Å². The van der Waals surface area contributed by atoms with Crippen LogP contribution in [0.1, 0.15) is 22.3 Å². The van der Waals surface area contributed by atoms with Gasteiger partial charge in [0.15, 0.2) is 6.29 Å². The maximum Gasteiger partial charge on any atom is 0.151 e. The van der Waals surface area contributed by atoms with Crippen LogP contribution >= 0.6 is 23.2 Å². The number of benzene rings is 1. The van der Waals surface area contributed by atoms with Crippen molar-refractivity contribution in [2.75, 3.05) is 5.88 Å². The molecule has 0 saturated carbocycles. The summed E-state index contributed by atoms with van der Waals surface area (Å²) in [6, 6.07) is 5.11. The Morgan fingerprint density at radius 3 is 2.86 bits per heavy atom. The highest BCUT2D eigenvalue weighted by molar-refractivity contribution is 6.32. The predicted molar refractivity (Wildman–Crippen MR) is 59.1 cm³/mol. The summed E-state index contributed by atoms with van der Waals surface area (Å²) in [4.78, 5) is 10.7. The first-order valence-corrected chi connectivity index (χ1v) is 4.99. The number of aldehydes is 1. The van der Waals surface area contributed by atoms with Crippen molar-refractivity contribution in [3.63, 3.8) is 0 Å². The Morgan fingerprint density at radius 2 is 2.21 bits per heavy atom. The van der Waals surface area contributed by atoms with Crippen LogP contribution in [0.25, 0.3) is 0 Å². The van der Waals surface area contributed by atoms with Crippen LogP contribution in [-0.4, -0.2) is 12.2 Å². The van der Waals surface area contributed by atoms with E-state index < -0.39 is 0 Å². The van der Waals surface area contributed by atoms with Crippen molar-refractivity contribution in [1.82, 2.24) is 0 Å². The average Bonchev–Trinajstić information content (AvgIpc) is 2.20. The van der Waals surface area contributed by atoms with Crippen LogP contribution in [-0.2, 0) is 0 Å². The zero-order chi connectivity index (χ0) is 10.4. The number of halogens is 2. The molecule has 0 aliphatic carbocycles. The van der Waals surface area contributed by atoms with E-state index in [1.807, 2.05) is 0 Å². The third-order valence-corrected chi connectivity index (χ3v) is 2.11. The van der Waals surface area contributed by atoms with Gasteiger partial charge in [0.2, 0.25) is 0 Å². The Labute approximate surface area is 93.0 Å². The van der Waals surface area contributed by atoms with Gasteiger partial charge in [-0.15, -0.1) is 11.6 Å². The second kappa shape index (κ2) is 5.70. The molecule has 0 unspecified atom stereocenters. The first-order valence-electron chi connectivity index (χ1n) is 4.08. The predicted octanol–water partition coefficient (Wildman–Crippen LogP) is 3.13. The molecular weight excluding hydrogens is 219 g/mol. The Balaban J connectivity index is 3.06. The highest BCUT2D eigenvalue weighted by atomic mass is 35.5. The molecule has 1 nitrogen and oxygen atoms in total. The standard InChI is InChI=1S/C11H8Cl2O/c12-7-2-1-5-10-9(8-14)4-3-6-11(10)13/h3-4,6,8H,2,7H2. The smallest absolute Gasteiger partial charge is 0.151 e. The summed E-state index contributed by atoms with van der Waals surface area (Å²) < 4.78 is 0. The number of carbonyl (C=O) groups excluding carboxylic acids is 1. The van der Waals surface area contributed by atoms with E-state index in [4.69, 9.17) is 23.2 Å². The van der Waals surface area contributed by atoms with Gasteiger partial charge in [0.05, 0.1) is 10.6 Å². The first-order chi connectivity index (χ1) is 6.79. The molecule has 0 fully saturated rings. The molecular formula is C11H8Cl2O. The summed E-state index contributed by atoms with van der Waals surface area (Å²) in [6.07, 6.45) is 1.33. The molecule has 0 spiro atoms. The van der Waals surface area contributed by atoms with E-state index in [0.717, 1.165) is 6.29 Å². The van der Waals surface area contributed by atoms with Crippen molar-refractivity contribution < 1.29 is 4.79 Å². The molecule has 14 heavy (non-hydrogen) atoms. The molecule has 0 amide bonds. The van der Waals surface area contributed by atoms with Crippen LogP contribution in [0.5, 0.6) is 0 Å². The first kappa shape index (κ1) is 11.1. The van der Waals surface area contributed by atoms with Crippen molar-refractivity contribution in [2.24, 2.45) is 0 Å². The average molecular weight is 227 g/mol. The molecule has 0 saturated heterocycles. The van der Waals surface area contributed by atoms with Gasteiger partial charge < -0.3 is 0 Å². The lowest BCUT2D eigenvalue weighted by Gasteiger charge is -1.98. The third-order valence-electron chi connectivity index (χ3n) is 1.61. The van der Waals surface area contributed by atoms with Crippen LogP contribution in [0.3, 0.4) is 0 Å². The summed E-state index contributed by atoms with van der Waals surface area (Å²) in [5, 5.41) is 0.497. The number of alkyl halides is 1. The van der Waals surface area contributed by atoms with Crippen molar-refractivity contribution >= 4 is 29.5 Å². The van der Waals surface area contributed by atoms with Gasteiger partial charge in [0.25, 0.3) is 0 Å². The quantitative estimate of drug-likeness (QED) is 0.431. The van der Waals surface area contributed by atoms with Gasteiger partial charge in [-0.1, -0.05) is 35.6 Å². The number of rotatable bonds is 2. The van der Waals surface area contributed by atoms with Crippen LogP contribution in [0, 0.1) is 11.8 Å². The second-order valence-corrected chi connectivity index (χ2v) is 3.35. The minimum absolute atomic E-state index is 0.480. The van der Waals surface area contributed by atoms with Crippen LogP contribution in [0.4, 0.5) is 0 Å². The fraction of sp³-hybridized carbons (Fsp3) is 0.182. The Morgan fingerprint density at radius 1 is 1.43 bits per heavy atom. The van der Waals surface area contributed by atoms with Gasteiger partial charge in [-0.25, -0.2) is 0 Å². The molecule has 0 bridgehead atoms. The molecule has 0 heterocycles. The van der Waals surface area contributed by atoms with Crippen molar-refractivity contribution in [3.05, 3.63) is 34.3 Å². The summed E-state index contributed by atoms with van der Waals surface area (Å²) in [5.74, 6) is 6.16. The summed E-state index contributed by atoms with van der Waals surface area (Å²) in [5.41, 5.74) is 1.09. The summed E-state index contributed by atoms with van der Waals surface area (Å²) in [7, 11) is 0. The maximum absolute atomic E-state index is 10.7. The van der Waals surface area contributed by atoms with E-state index in [9.17, 15) is 4.79 Å². The largest absolute Gasteiger partial charge is 0.298 e. The van der Waals surface area contributed by atoms with Crippen molar-refractivity contribution in [3.8, 4) is 11.8 Å². The van der Waals surface area contributed by atoms with Gasteiger partial charge in [-0.05, 0) is 6.07 Å². The summed E-state index contributed by atoms with van der Waals surface area (Å²) >= 11 is 11.4. The third kappa shape index (κ3) is 2.77. The lowest BCUT2D eigenvalue weighted by atomic mass is 10.1. The molecule has 0 aliphatic rings. The molecule has 0 aliphatic heterocycles. The zero-order valence-electron chi connectivity index (χ0n) is 7.39. The van der Waals surface area contributed by atoms with Crippen molar-refractivity contribution in [2.45, 2.75) is 6.42 Å². The second-order valence-electron chi connectivity index (χ2n) is 2.56. The fourth-order valence-electron chi connectivity index (χ4n) is 0.969. The molecule has 0 aromatic heterocycles. The van der Waals surface area contributed by atoms with Crippen LogP contribution < -0.4 is 0 Å². The number of carbonyl (C=O) groups is 1. The number of hydrogen-bond donors (Lipinski definition) is 0. The van der Waals surface area contributed by atoms with Crippen molar-refractivity contribution in [1.29, 1.82) is 0 Å². The molecule has 1 aromatic rings. The highest BCUT2D eigenvalue weighted by Crippen LogP contribution is 2.17. The topological polar surface area (TPSA) is 17.1 Å². The lowest BCUT2D eigenvalue weighted by molar-refractivity contribution is 0.112. The molecule has 0 atom stereocenters. The van der Waals surface area contributed by atoms with Gasteiger partial charge in [0.1, 0.15) is 0 Å². The van der Waals surface area contributed by atoms with E-state index in [2.05, 4.69) is 11.8 Å².